The normalized spacial score (nSPS) is 11.1. The average molecular weight is 308 g/mol. The van der Waals surface area contributed by atoms with Crippen LogP contribution < -0.4 is 10.1 Å². The van der Waals surface area contributed by atoms with Crippen molar-refractivity contribution in [1.82, 2.24) is 5.32 Å². The van der Waals surface area contributed by atoms with Gasteiger partial charge in [-0.3, -0.25) is 4.39 Å². The van der Waals surface area contributed by atoms with Crippen LogP contribution in [0.2, 0.25) is 10.0 Å². The topological polar surface area (TPSA) is 21.3 Å². The van der Waals surface area contributed by atoms with Gasteiger partial charge in [0.15, 0.2) is 0 Å². The summed E-state index contributed by atoms with van der Waals surface area (Å²) >= 11 is 12.1. The van der Waals surface area contributed by atoms with E-state index >= 15 is 0 Å². The van der Waals surface area contributed by atoms with Gasteiger partial charge >= 0.3 is 0 Å². The molecule has 0 fully saturated rings. The molecular weight excluding hydrogens is 288 g/mol. The Bertz CT molecular complexity index is 399. The summed E-state index contributed by atoms with van der Waals surface area (Å²) in [7, 11) is 0. The van der Waals surface area contributed by atoms with Crippen molar-refractivity contribution < 1.29 is 9.13 Å². The molecule has 1 rings (SSSR count). The van der Waals surface area contributed by atoms with Gasteiger partial charge in [0, 0.05) is 23.6 Å². The van der Waals surface area contributed by atoms with E-state index in [9.17, 15) is 4.39 Å². The third-order valence-electron chi connectivity index (χ3n) is 2.48. The van der Waals surface area contributed by atoms with Crippen LogP contribution >= 0.6 is 23.2 Å². The minimum Gasteiger partial charge on any atom is -0.492 e. The Kier molecular flexibility index (Phi) is 7.51. The molecular formula is C14H20Cl2FNO. The Labute approximate surface area is 124 Å². The molecule has 0 saturated heterocycles. The average Bonchev–Trinajstić information content (AvgIpc) is 2.32. The van der Waals surface area contributed by atoms with Crippen molar-refractivity contribution in [1.29, 1.82) is 0 Å². The monoisotopic (exact) mass is 307 g/mol. The lowest BCUT2D eigenvalue weighted by molar-refractivity contribution is 0.286. The van der Waals surface area contributed by atoms with E-state index in [4.69, 9.17) is 27.9 Å². The summed E-state index contributed by atoms with van der Waals surface area (Å²) in [5.41, 5.74) is 0.900. The molecule has 19 heavy (non-hydrogen) atoms. The summed E-state index contributed by atoms with van der Waals surface area (Å²) in [6, 6.07) is 3.46. The van der Waals surface area contributed by atoms with E-state index in [1.165, 1.54) is 0 Å². The van der Waals surface area contributed by atoms with Crippen molar-refractivity contribution in [2.75, 3.05) is 19.8 Å². The van der Waals surface area contributed by atoms with Crippen molar-refractivity contribution in [2.24, 2.45) is 5.92 Å². The molecule has 1 N–H and O–H groups in total. The van der Waals surface area contributed by atoms with Crippen LogP contribution in [0.15, 0.2) is 12.1 Å². The predicted octanol–water partition coefficient (Wildman–Crippen LogP) is 4.48. The summed E-state index contributed by atoms with van der Waals surface area (Å²) in [5, 5.41) is 4.35. The van der Waals surface area contributed by atoms with Crippen molar-refractivity contribution in [2.45, 2.75) is 26.8 Å². The highest BCUT2D eigenvalue weighted by Gasteiger charge is 2.11. The lowest BCUT2D eigenvalue weighted by Gasteiger charge is -2.15. The Morgan fingerprint density at radius 3 is 2.68 bits per heavy atom. The molecule has 0 bridgehead atoms. The molecule has 0 aliphatic carbocycles. The van der Waals surface area contributed by atoms with Crippen LogP contribution in [0.3, 0.4) is 0 Å². The Morgan fingerprint density at radius 2 is 2.05 bits per heavy atom. The van der Waals surface area contributed by atoms with Gasteiger partial charge in [-0.25, -0.2) is 0 Å². The van der Waals surface area contributed by atoms with E-state index in [1.54, 1.807) is 6.07 Å². The van der Waals surface area contributed by atoms with Crippen LogP contribution in [0.5, 0.6) is 5.75 Å². The SMILES string of the molecule is CC(C)CNCc1cc(Cl)cc(Cl)c1OCCCF. The molecule has 108 valence electrons. The van der Waals surface area contributed by atoms with E-state index in [0.29, 0.717) is 41.3 Å². The van der Waals surface area contributed by atoms with Crippen molar-refractivity contribution in [3.8, 4) is 5.75 Å². The van der Waals surface area contributed by atoms with Crippen LogP contribution in [0, 0.1) is 5.92 Å². The predicted molar refractivity (Wildman–Crippen MR) is 79.1 cm³/mol. The first-order valence-corrected chi connectivity index (χ1v) is 7.17. The zero-order chi connectivity index (χ0) is 14.3. The fraction of sp³-hybridized carbons (Fsp3) is 0.571. The van der Waals surface area contributed by atoms with Crippen molar-refractivity contribution in [3.05, 3.63) is 27.7 Å². The van der Waals surface area contributed by atoms with E-state index < -0.39 is 6.67 Å². The Balaban J connectivity index is 2.74. The molecule has 1 aromatic carbocycles. The summed E-state index contributed by atoms with van der Waals surface area (Å²) in [6.07, 6.45) is 0.359. The van der Waals surface area contributed by atoms with Gasteiger partial charge < -0.3 is 10.1 Å². The largest absolute Gasteiger partial charge is 0.492 e. The highest BCUT2D eigenvalue weighted by molar-refractivity contribution is 6.35. The molecule has 5 heteroatoms. The summed E-state index contributed by atoms with van der Waals surface area (Å²) in [4.78, 5) is 0. The minimum atomic E-state index is -0.397. The molecule has 1 aromatic rings. The van der Waals surface area contributed by atoms with Gasteiger partial charge in [-0.05, 0) is 24.6 Å². The third-order valence-corrected chi connectivity index (χ3v) is 2.98. The van der Waals surface area contributed by atoms with Crippen molar-refractivity contribution >= 4 is 23.2 Å². The van der Waals surface area contributed by atoms with Gasteiger partial charge in [0.25, 0.3) is 0 Å². The number of benzene rings is 1. The van der Waals surface area contributed by atoms with Gasteiger partial charge in [0.1, 0.15) is 5.75 Å². The van der Waals surface area contributed by atoms with Gasteiger partial charge in [0.05, 0.1) is 18.3 Å². The molecule has 0 radical (unpaired) electrons. The molecule has 0 heterocycles. The minimum absolute atomic E-state index is 0.315. The molecule has 0 amide bonds. The second-order valence-electron chi connectivity index (χ2n) is 4.79. The summed E-state index contributed by atoms with van der Waals surface area (Å²) in [6.45, 7) is 5.71. The maximum absolute atomic E-state index is 12.1. The highest BCUT2D eigenvalue weighted by Crippen LogP contribution is 2.32. The number of rotatable bonds is 8. The first kappa shape index (κ1) is 16.5. The molecule has 2 nitrogen and oxygen atoms in total. The van der Waals surface area contributed by atoms with E-state index in [1.807, 2.05) is 6.07 Å². The zero-order valence-electron chi connectivity index (χ0n) is 11.3. The smallest absolute Gasteiger partial charge is 0.142 e. The lowest BCUT2D eigenvalue weighted by atomic mass is 10.1. The standard InChI is InChI=1S/C14H20Cl2FNO/c1-10(2)8-18-9-11-6-12(15)7-13(16)14(11)19-5-3-4-17/h6-7,10,18H,3-5,8-9H2,1-2H3. The van der Waals surface area contributed by atoms with Gasteiger partial charge in [0.2, 0.25) is 0 Å². The van der Waals surface area contributed by atoms with E-state index in [0.717, 1.165) is 12.1 Å². The number of alkyl halides is 1. The van der Waals surface area contributed by atoms with Crippen LogP contribution in [-0.2, 0) is 6.54 Å². The van der Waals surface area contributed by atoms with Crippen LogP contribution in [-0.4, -0.2) is 19.8 Å². The Hall–Kier alpha value is -0.510. The maximum Gasteiger partial charge on any atom is 0.142 e. The zero-order valence-corrected chi connectivity index (χ0v) is 12.8. The molecule has 0 atom stereocenters. The fourth-order valence-electron chi connectivity index (χ4n) is 1.63. The van der Waals surface area contributed by atoms with E-state index in [2.05, 4.69) is 19.2 Å². The fourth-order valence-corrected chi connectivity index (χ4v) is 2.22. The molecule has 0 aliphatic rings. The molecule has 0 spiro atoms. The van der Waals surface area contributed by atoms with Gasteiger partial charge in [-0.2, -0.15) is 0 Å². The number of halogens is 3. The molecule has 0 saturated carbocycles. The third kappa shape index (κ3) is 5.98. The highest BCUT2D eigenvalue weighted by atomic mass is 35.5. The first-order valence-electron chi connectivity index (χ1n) is 6.42. The van der Waals surface area contributed by atoms with Gasteiger partial charge in [-0.15, -0.1) is 0 Å². The van der Waals surface area contributed by atoms with Crippen LogP contribution in [0.4, 0.5) is 4.39 Å². The molecule has 0 unspecified atom stereocenters. The lowest BCUT2D eigenvalue weighted by Crippen LogP contribution is -2.19. The first-order chi connectivity index (χ1) is 9.04. The van der Waals surface area contributed by atoms with E-state index in [-0.39, 0.29) is 0 Å². The van der Waals surface area contributed by atoms with Crippen LogP contribution in [0.1, 0.15) is 25.8 Å². The second-order valence-corrected chi connectivity index (χ2v) is 5.64. The molecule has 0 aromatic heterocycles. The number of ether oxygens (including phenoxy) is 1. The quantitative estimate of drug-likeness (QED) is 0.715. The number of hydrogen-bond donors (Lipinski definition) is 1. The second kappa shape index (κ2) is 8.62. The van der Waals surface area contributed by atoms with Crippen molar-refractivity contribution in [3.63, 3.8) is 0 Å². The Morgan fingerprint density at radius 1 is 1.32 bits per heavy atom. The van der Waals surface area contributed by atoms with Gasteiger partial charge in [-0.1, -0.05) is 37.0 Å². The summed E-state index contributed by atoms with van der Waals surface area (Å²) in [5.74, 6) is 1.15. The summed E-state index contributed by atoms with van der Waals surface area (Å²) < 4.78 is 17.7. The van der Waals surface area contributed by atoms with Crippen LogP contribution in [0.25, 0.3) is 0 Å². The number of hydrogen-bond acceptors (Lipinski definition) is 2. The maximum atomic E-state index is 12.1. The molecule has 0 aliphatic heterocycles. The number of nitrogens with one attached hydrogen (secondary N) is 1.